The fourth-order valence-corrected chi connectivity index (χ4v) is 4.23. The van der Waals surface area contributed by atoms with E-state index in [1.807, 2.05) is 6.92 Å². The van der Waals surface area contributed by atoms with Crippen LogP contribution in [-0.2, 0) is 16.6 Å². The number of aliphatic hydroxyl groups excluding tert-OH is 1. The van der Waals surface area contributed by atoms with E-state index >= 15 is 0 Å². The number of imidazole rings is 1. The summed E-state index contributed by atoms with van der Waals surface area (Å²) in [5, 5.41) is 10.5. The number of carbonyl (C=O) groups excluding carboxylic acids is 1. The maximum Gasteiger partial charge on any atom is 0.297 e. The highest BCUT2D eigenvalue weighted by Gasteiger charge is 2.30. The van der Waals surface area contributed by atoms with Crippen LogP contribution in [0.4, 0.5) is 8.78 Å². The Morgan fingerprint density at radius 1 is 1.44 bits per heavy atom. The van der Waals surface area contributed by atoms with E-state index < -0.39 is 19.1 Å². The molecule has 1 saturated heterocycles. The molecule has 3 heterocycles. The van der Waals surface area contributed by atoms with E-state index in [0.29, 0.717) is 36.7 Å². The van der Waals surface area contributed by atoms with Gasteiger partial charge < -0.3 is 24.1 Å². The number of aryl methyl sites for hydroxylation is 1. The predicted octanol–water partition coefficient (Wildman–Crippen LogP) is 3.56. The molecular weight excluding hydrogens is 448 g/mol. The number of aliphatic hydroxyl groups is 1. The Hall–Kier alpha value is -2.04. The van der Waals surface area contributed by atoms with Crippen molar-refractivity contribution >= 4 is 28.4 Å². The molecule has 3 rings (SSSR count). The summed E-state index contributed by atoms with van der Waals surface area (Å²) >= 11 is 6.29. The second kappa shape index (κ2) is 10.7. The average molecular weight is 476 g/mol. The molecule has 1 unspecified atom stereocenters. The molecule has 1 aliphatic heterocycles. The monoisotopic (exact) mass is 475 g/mol. The van der Waals surface area contributed by atoms with E-state index in [1.165, 1.54) is 6.20 Å². The number of ether oxygens (including phenoxy) is 3. The van der Waals surface area contributed by atoms with Gasteiger partial charge in [0, 0.05) is 13.5 Å². The van der Waals surface area contributed by atoms with Gasteiger partial charge in [-0.1, -0.05) is 18.5 Å². The van der Waals surface area contributed by atoms with Gasteiger partial charge in [-0.15, -0.1) is 0 Å². The first-order valence-corrected chi connectivity index (χ1v) is 10.9. The van der Waals surface area contributed by atoms with E-state index in [9.17, 15) is 18.7 Å². The van der Waals surface area contributed by atoms with Gasteiger partial charge in [0.15, 0.2) is 6.61 Å². The summed E-state index contributed by atoms with van der Waals surface area (Å²) in [4.78, 5) is 19.6. The number of hydrogen-bond donors (Lipinski definition) is 1. The van der Waals surface area contributed by atoms with Crippen molar-refractivity contribution < 1.29 is 32.9 Å². The van der Waals surface area contributed by atoms with Crippen LogP contribution in [0, 0.1) is 5.92 Å². The summed E-state index contributed by atoms with van der Waals surface area (Å²) in [6, 6.07) is 0.289. The summed E-state index contributed by atoms with van der Waals surface area (Å²) in [6.45, 7) is 2.96. The summed E-state index contributed by atoms with van der Waals surface area (Å²) in [7, 11) is 1.69. The SMILES string of the molecule is CC(=O)C[C@@H](C)CC(O)[C@@H]1CC[C@@H](Oc2nc3cnc(OCC(F)F)c(Cl)c3n2C)CO1. The molecule has 0 aromatic carbocycles. The van der Waals surface area contributed by atoms with Gasteiger partial charge in [0.25, 0.3) is 12.4 Å². The van der Waals surface area contributed by atoms with Gasteiger partial charge >= 0.3 is 0 Å². The summed E-state index contributed by atoms with van der Waals surface area (Å²) in [5.41, 5.74) is 0.909. The van der Waals surface area contributed by atoms with Gasteiger partial charge in [0.1, 0.15) is 22.4 Å². The molecule has 32 heavy (non-hydrogen) atoms. The molecule has 4 atom stereocenters. The standard InChI is InChI=1S/C21H28ClF2N3O5/c1-11(6-12(2)28)7-15(29)16-5-4-13(9-30-16)32-21-26-14-8-25-20(31-10-17(23)24)18(22)19(14)27(21)3/h8,11,13,15-17,29H,4-7,9-10H2,1-3H3/t11-,13-,15?,16+/m1/s1. The van der Waals surface area contributed by atoms with Gasteiger partial charge in [-0.05, 0) is 32.1 Å². The number of halogens is 3. The Kier molecular flexibility index (Phi) is 8.24. The van der Waals surface area contributed by atoms with Crippen molar-refractivity contribution in [2.45, 2.75) is 64.3 Å². The third kappa shape index (κ3) is 6.05. The topological polar surface area (TPSA) is 95.7 Å². The first-order valence-electron chi connectivity index (χ1n) is 10.5. The quantitative estimate of drug-likeness (QED) is 0.561. The molecule has 1 aliphatic rings. The van der Waals surface area contributed by atoms with Crippen molar-refractivity contribution in [3.05, 3.63) is 11.2 Å². The Bertz CT molecular complexity index is 934. The number of Topliss-reactive ketones (excluding diaryl/α,β-unsaturated/α-hetero) is 1. The first kappa shape index (κ1) is 24.6. The molecule has 2 aromatic heterocycles. The minimum Gasteiger partial charge on any atom is -0.470 e. The van der Waals surface area contributed by atoms with Crippen molar-refractivity contribution in [3.63, 3.8) is 0 Å². The number of carbonyl (C=O) groups is 1. The molecule has 178 valence electrons. The van der Waals surface area contributed by atoms with Crippen LogP contribution in [0.2, 0.25) is 5.02 Å². The Labute approximate surface area is 189 Å². The van der Waals surface area contributed by atoms with Crippen molar-refractivity contribution in [2.75, 3.05) is 13.2 Å². The highest BCUT2D eigenvalue weighted by Crippen LogP contribution is 2.33. The minimum atomic E-state index is -2.64. The molecule has 0 bridgehead atoms. The second-order valence-corrected chi connectivity index (χ2v) is 8.65. The summed E-state index contributed by atoms with van der Waals surface area (Å²) < 4.78 is 43.2. The smallest absolute Gasteiger partial charge is 0.297 e. The molecule has 1 N–H and O–H groups in total. The van der Waals surface area contributed by atoms with Crippen LogP contribution in [-0.4, -0.2) is 63.4 Å². The maximum atomic E-state index is 12.4. The highest BCUT2D eigenvalue weighted by molar-refractivity contribution is 6.36. The number of ketones is 1. The van der Waals surface area contributed by atoms with Gasteiger partial charge in [-0.3, -0.25) is 4.57 Å². The van der Waals surface area contributed by atoms with Crippen molar-refractivity contribution in [1.29, 1.82) is 0 Å². The van der Waals surface area contributed by atoms with Crippen LogP contribution in [0.3, 0.4) is 0 Å². The number of rotatable bonds is 10. The largest absolute Gasteiger partial charge is 0.470 e. The normalized spacial score (nSPS) is 21.0. The lowest BCUT2D eigenvalue weighted by Crippen LogP contribution is -2.40. The number of aromatic nitrogens is 3. The second-order valence-electron chi connectivity index (χ2n) is 8.27. The number of fused-ring (bicyclic) bond motifs is 1. The molecule has 0 spiro atoms. The number of nitrogens with zero attached hydrogens (tertiary/aromatic N) is 3. The summed E-state index contributed by atoms with van der Waals surface area (Å²) in [5.74, 6) is 0.104. The maximum absolute atomic E-state index is 12.4. The molecule has 2 aromatic rings. The molecule has 0 saturated carbocycles. The van der Waals surface area contributed by atoms with Crippen molar-refractivity contribution in [1.82, 2.24) is 14.5 Å². The molecule has 8 nitrogen and oxygen atoms in total. The van der Waals surface area contributed by atoms with Crippen LogP contribution in [0.15, 0.2) is 6.20 Å². The number of pyridine rings is 1. The Balaban J connectivity index is 1.60. The average Bonchev–Trinajstić information content (AvgIpc) is 3.03. The number of alkyl halides is 2. The van der Waals surface area contributed by atoms with Crippen molar-refractivity contribution in [2.24, 2.45) is 13.0 Å². The fraction of sp³-hybridized carbons (Fsp3) is 0.667. The zero-order chi connectivity index (χ0) is 23.4. The Morgan fingerprint density at radius 3 is 2.81 bits per heavy atom. The lowest BCUT2D eigenvalue weighted by molar-refractivity contribution is -0.119. The molecule has 0 aliphatic carbocycles. The minimum absolute atomic E-state index is 0.0794. The lowest BCUT2D eigenvalue weighted by atomic mass is 9.92. The van der Waals surface area contributed by atoms with Gasteiger partial charge in [0.05, 0.1) is 30.5 Å². The zero-order valence-electron chi connectivity index (χ0n) is 18.3. The van der Waals surface area contributed by atoms with E-state index in [1.54, 1.807) is 18.5 Å². The van der Waals surface area contributed by atoms with Crippen LogP contribution >= 0.6 is 11.6 Å². The first-order chi connectivity index (χ1) is 15.2. The lowest BCUT2D eigenvalue weighted by Gasteiger charge is -2.32. The zero-order valence-corrected chi connectivity index (χ0v) is 19.0. The predicted molar refractivity (Wildman–Crippen MR) is 113 cm³/mol. The van der Waals surface area contributed by atoms with E-state index in [0.717, 1.165) is 0 Å². The van der Waals surface area contributed by atoms with Crippen LogP contribution in [0.5, 0.6) is 11.9 Å². The third-order valence-electron chi connectivity index (χ3n) is 5.38. The third-order valence-corrected chi connectivity index (χ3v) is 5.72. The molecule has 1 fully saturated rings. The van der Waals surface area contributed by atoms with Crippen LogP contribution in [0.25, 0.3) is 11.0 Å². The summed E-state index contributed by atoms with van der Waals surface area (Å²) in [6.07, 6.45) is -0.269. The molecule has 0 amide bonds. The van der Waals surface area contributed by atoms with Crippen LogP contribution < -0.4 is 9.47 Å². The van der Waals surface area contributed by atoms with E-state index in [2.05, 4.69) is 9.97 Å². The molecular formula is C21H28ClF2N3O5. The highest BCUT2D eigenvalue weighted by atomic mass is 35.5. The van der Waals surface area contributed by atoms with Crippen LogP contribution in [0.1, 0.15) is 39.5 Å². The molecule has 0 radical (unpaired) electrons. The fourth-order valence-electron chi connectivity index (χ4n) is 3.91. The van der Waals surface area contributed by atoms with Gasteiger partial charge in [0.2, 0.25) is 5.88 Å². The Morgan fingerprint density at radius 2 is 2.19 bits per heavy atom. The van der Waals surface area contributed by atoms with Crippen molar-refractivity contribution in [3.8, 4) is 11.9 Å². The molecule has 11 heteroatoms. The van der Waals surface area contributed by atoms with Gasteiger partial charge in [-0.2, -0.15) is 4.98 Å². The number of hydrogen-bond acceptors (Lipinski definition) is 7. The van der Waals surface area contributed by atoms with E-state index in [-0.39, 0.29) is 47.4 Å². The van der Waals surface area contributed by atoms with Gasteiger partial charge in [-0.25, -0.2) is 13.8 Å². The van der Waals surface area contributed by atoms with E-state index in [4.69, 9.17) is 25.8 Å².